The molecular weight excluding hydrogens is 216 g/mol. The zero-order chi connectivity index (χ0) is 11.8. The highest BCUT2D eigenvalue weighted by atomic mass is 16.5. The minimum absolute atomic E-state index is 0.342. The third-order valence-electron chi connectivity index (χ3n) is 4.15. The molecule has 0 N–H and O–H groups in total. The largest absolute Gasteiger partial charge is 0.478 e. The van der Waals surface area contributed by atoms with Crippen LogP contribution in [0.4, 0.5) is 0 Å². The predicted octanol–water partition coefficient (Wildman–Crippen LogP) is 2.04. The van der Waals surface area contributed by atoms with Crippen LogP contribution in [0, 0.1) is 11.8 Å². The van der Waals surface area contributed by atoms with E-state index in [4.69, 9.17) is 9.47 Å². The molecule has 0 saturated heterocycles. The van der Waals surface area contributed by atoms with Gasteiger partial charge in [-0.25, -0.2) is 9.98 Å². The van der Waals surface area contributed by atoms with E-state index in [9.17, 15) is 0 Å². The van der Waals surface area contributed by atoms with Gasteiger partial charge in [0.15, 0.2) is 11.8 Å². The average Bonchev–Trinajstić information content (AvgIpc) is 2.94. The number of nitrogens with zero attached hydrogens (tertiary/aromatic N) is 2. The first-order valence-electron chi connectivity index (χ1n) is 6.61. The van der Waals surface area contributed by atoms with Gasteiger partial charge in [0, 0.05) is 0 Å². The Kier molecular flexibility index (Phi) is 2.81. The van der Waals surface area contributed by atoms with Crippen molar-refractivity contribution in [1.82, 2.24) is 0 Å². The van der Waals surface area contributed by atoms with Crippen molar-refractivity contribution in [2.24, 2.45) is 21.8 Å². The second-order valence-corrected chi connectivity index (χ2v) is 5.51. The summed E-state index contributed by atoms with van der Waals surface area (Å²) in [7, 11) is 0. The SMILES string of the molecule is CC1CCC(C)[C@H]2COC(=N2)CC2=NC1CO2. The van der Waals surface area contributed by atoms with Crippen LogP contribution in [0.5, 0.6) is 0 Å². The van der Waals surface area contributed by atoms with E-state index in [-0.39, 0.29) is 0 Å². The van der Waals surface area contributed by atoms with Gasteiger partial charge in [-0.3, -0.25) is 0 Å². The third-order valence-corrected chi connectivity index (χ3v) is 4.15. The molecule has 4 bridgehead atoms. The van der Waals surface area contributed by atoms with Gasteiger partial charge in [-0.1, -0.05) is 13.8 Å². The molecule has 3 heterocycles. The molecule has 0 spiro atoms. The van der Waals surface area contributed by atoms with Crippen molar-refractivity contribution in [3.05, 3.63) is 0 Å². The molecule has 0 amide bonds. The number of ether oxygens (including phenoxy) is 2. The summed E-state index contributed by atoms with van der Waals surface area (Å²) in [5, 5.41) is 0. The summed E-state index contributed by atoms with van der Waals surface area (Å²) in [5.41, 5.74) is 0. The van der Waals surface area contributed by atoms with Crippen LogP contribution >= 0.6 is 0 Å². The molecule has 17 heavy (non-hydrogen) atoms. The van der Waals surface area contributed by atoms with Crippen LogP contribution in [0.3, 0.4) is 0 Å². The van der Waals surface area contributed by atoms with Crippen molar-refractivity contribution in [2.75, 3.05) is 13.2 Å². The summed E-state index contributed by atoms with van der Waals surface area (Å²) in [4.78, 5) is 9.29. The van der Waals surface area contributed by atoms with Crippen LogP contribution < -0.4 is 0 Å². The Morgan fingerprint density at radius 1 is 0.882 bits per heavy atom. The summed E-state index contributed by atoms with van der Waals surface area (Å²) < 4.78 is 11.3. The summed E-state index contributed by atoms with van der Waals surface area (Å²) in [6.07, 6.45) is 3.05. The molecular formula is C13H20N2O2. The van der Waals surface area contributed by atoms with Crippen LogP contribution in [-0.2, 0) is 9.47 Å². The van der Waals surface area contributed by atoms with E-state index in [1.54, 1.807) is 0 Å². The molecule has 4 heteroatoms. The van der Waals surface area contributed by atoms with E-state index in [2.05, 4.69) is 23.8 Å². The fourth-order valence-electron chi connectivity index (χ4n) is 2.70. The van der Waals surface area contributed by atoms with Crippen LogP contribution in [0.2, 0.25) is 0 Å². The summed E-state index contributed by atoms with van der Waals surface area (Å²) >= 11 is 0. The molecule has 3 unspecified atom stereocenters. The van der Waals surface area contributed by atoms with E-state index in [0.717, 1.165) is 25.0 Å². The lowest BCUT2D eigenvalue weighted by Gasteiger charge is -2.19. The smallest absolute Gasteiger partial charge is 0.193 e. The Labute approximate surface area is 102 Å². The minimum Gasteiger partial charge on any atom is -0.478 e. The summed E-state index contributed by atoms with van der Waals surface area (Å²) in [6, 6.07) is 0.684. The van der Waals surface area contributed by atoms with Crippen molar-refractivity contribution in [3.63, 3.8) is 0 Å². The van der Waals surface area contributed by atoms with Gasteiger partial charge in [0.25, 0.3) is 0 Å². The second-order valence-electron chi connectivity index (χ2n) is 5.51. The van der Waals surface area contributed by atoms with Gasteiger partial charge in [-0.05, 0) is 24.7 Å². The van der Waals surface area contributed by atoms with Crippen molar-refractivity contribution in [1.29, 1.82) is 0 Å². The minimum atomic E-state index is 0.342. The molecule has 0 aromatic carbocycles. The van der Waals surface area contributed by atoms with E-state index in [1.165, 1.54) is 12.8 Å². The molecule has 0 aliphatic carbocycles. The highest BCUT2D eigenvalue weighted by molar-refractivity contribution is 5.98. The lowest BCUT2D eigenvalue weighted by Crippen LogP contribution is -2.21. The fourth-order valence-corrected chi connectivity index (χ4v) is 2.70. The molecule has 0 aromatic heterocycles. The maximum absolute atomic E-state index is 5.63. The number of rotatable bonds is 0. The molecule has 3 rings (SSSR count). The normalized spacial score (nSPS) is 40.8. The highest BCUT2D eigenvalue weighted by Crippen LogP contribution is 2.27. The van der Waals surface area contributed by atoms with Crippen molar-refractivity contribution in [2.45, 2.75) is 45.2 Å². The molecule has 0 saturated carbocycles. The number of hydrogen-bond donors (Lipinski definition) is 0. The van der Waals surface area contributed by atoms with E-state index in [0.29, 0.717) is 30.3 Å². The van der Waals surface area contributed by atoms with Gasteiger partial charge >= 0.3 is 0 Å². The molecule has 0 aromatic rings. The van der Waals surface area contributed by atoms with Crippen LogP contribution in [0.25, 0.3) is 0 Å². The molecule has 4 nitrogen and oxygen atoms in total. The fraction of sp³-hybridized carbons (Fsp3) is 0.846. The molecule has 94 valence electrons. The maximum Gasteiger partial charge on any atom is 0.193 e. The third kappa shape index (κ3) is 2.17. The Morgan fingerprint density at radius 3 is 1.82 bits per heavy atom. The van der Waals surface area contributed by atoms with Crippen LogP contribution in [0.1, 0.15) is 33.1 Å². The van der Waals surface area contributed by atoms with Gasteiger partial charge in [0.1, 0.15) is 13.2 Å². The standard InChI is InChI=1S/C13H20N2O2/c1-8-3-4-9(2)11-7-17-13(15-11)5-12-14-10(8)6-16-12/h8-11H,3-7H2,1-2H3/t8?,9?,10-,11?/m1/s1. The highest BCUT2D eigenvalue weighted by Gasteiger charge is 2.31. The second kappa shape index (κ2) is 4.31. The quantitative estimate of drug-likeness (QED) is 0.646. The van der Waals surface area contributed by atoms with Crippen molar-refractivity contribution >= 4 is 11.8 Å². The molecule has 3 aliphatic heterocycles. The van der Waals surface area contributed by atoms with Gasteiger partial charge in [0.2, 0.25) is 0 Å². The molecule has 0 fully saturated rings. The first-order valence-corrected chi connectivity index (χ1v) is 6.61. The van der Waals surface area contributed by atoms with Crippen molar-refractivity contribution in [3.8, 4) is 0 Å². The van der Waals surface area contributed by atoms with E-state index in [1.807, 2.05) is 0 Å². The maximum atomic E-state index is 5.63. The monoisotopic (exact) mass is 236 g/mol. The Balaban J connectivity index is 1.82. The lowest BCUT2D eigenvalue weighted by molar-refractivity contribution is 0.256. The summed E-state index contributed by atoms with van der Waals surface area (Å²) in [5.74, 6) is 2.85. The molecule has 3 aliphatic rings. The predicted molar refractivity (Wildman–Crippen MR) is 66.5 cm³/mol. The average molecular weight is 236 g/mol. The Hall–Kier alpha value is -1.06. The van der Waals surface area contributed by atoms with Gasteiger partial charge in [0.05, 0.1) is 18.5 Å². The van der Waals surface area contributed by atoms with Gasteiger partial charge < -0.3 is 9.47 Å². The van der Waals surface area contributed by atoms with Crippen LogP contribution in [0.15, 0.2) is 9.98 Å². The molecule has 4 atom stereocenters. The van der Waals surface area contributed by atoms with Crippen LogP contribution in [-0.4, -0.2) is 37.1 Å². The molecule has 0 radical (unpaired) electrons. The first kappa shape index (κ1) is 11.1. The zero-order valence-corrected chi connectivity index (χ0v) is 10.6. The zero-order valence-electron chi connectivity index (χ0n) is 10.6. The Morgan fingerprint density at radius 2 is 1.35 bits per heavy atom. The Bertz CT molecular complexity index is 330. The number of fused-ring (bicyclic) bond motifs is 2. The van der Waals surface area contributed by atoms with Gasteiger partial charge in [-0.15, -0.1) is 0 Å². The number of hydrogen-bond acceptors (Lipinski definition) is 4. The van der Waals surface area contributed by atoms with E-state index >= 15 is 0 Å². The first-order chi connectivity index (χ1) is 8.22. The topological polar surface area (TPSA) is 43.2 Å². The van der Waals surface area contributed by atoms with Gasteiger partial charge in [-0.2, -0.15) is 0 Å². The summed E-state index contributed by atoms with van der Waals surface area (Å²) in [6.45, 7) is 6.04. The lowest BCUT2D eigenvalue weighted by atomic mass is 9.90. The number of aliphatic imine (C=N–C) groups is 2. The van der Waals surface area contributed by atoms with E-state index < -0.39 is 0 Å². The van der Waals surface area contributed by atoms with Crippen molar-refractivity contribution < 1.29 is 9.47 Å².